The summed E-state index contributed by atoms with van der Waals surface area (Å²) in [6, 6.07) is 13.7. The van der Waals surface area contributed by atoms with Crippen LogP contribution in [-0.4, -0.2) is 22.9 Å². The minimum absolute atomic E-state index is 0.265. The molecule has 2 rings (SSSR count). The third-order valence-electron chi connectivity index (χ3n) is 3.61. The van der Waals surface area contributed by atoms with Crippen molar-refractivity contribution in [3.05, 3.63) is 59.7 Å². The summed E-state index contributed by atoms with van der Waals surface area (Å²) in [6.45, 7) is 5.53. The Morgan fingerprint density at radius 3 is 2.23 bits per heavy atom. The van der Waals surface area contributed by atoms with Crippen LogP contribution in [0.2, 0.25) is 0 Å². The summed E-state index contributed by atoms with van der Waals surface area (Å²) < 4.78 is 40.5. The lowest BCUT2D eigenvalue weighted by Gasteiger charge is -2.25. The normalized spacial score (nSPS) is 11.1. The molecule has 0 aliphatic heterocycles. The van der Waals surface area contributed by atoms with Crippen LogP contribution in [0.5, 0.6) is 5.75 Å². The molecule has 0 aromatic heterocycles. The Hall–Kier alpha value is -2.28. The molecule has 0 saturated carbocycles. The first-order valence-electron chi connectivity index (χ1n) is 8.24. The molecule has 0 radical (unpaired) electrons. The van der Waals surface area contributed by atoms with E-state index in [0.29, 0.717) is 17.3 Å². The van der Waals surface area contributed by atoms with Gasteiger partial charge in [-0.1, -0.05) is 36.8 Å². The van der Waals surface area contributed by atoms with Gasteiger partial charge in [-0.15, -0.1) is 13.2 Å². The lowest BCUT2D eigenvalue weighted by Crippen LogP contribution is -2.34. The third kappa shape index (κ3) is 6.55. The highest BCUT2D eigenvalue weighted by Gasteiger charge is 2.30. The number of thiocarbonyl (C=S) groups is 1. The van der Waals surface area contributed by atoms with Crippen LogP contribution in [-0.2, 0) is 6.54 Å². The van der Waals surface area contributed by atoms with Crippen molar-refractivity contribution in [3.63, 3.8) is 0 Å². The molecule has 2 aromatic rings. The number of ether oxygens (including phenoxy) is 1. The summed E-state index contributed by atoms with van der Waals surface area (Å²) in [5, 5.41) is 3.59. The van der Waals surface area contributed by atoms with E-state index >= 15 is 0 Å². The van der Waals surface area contributed by atoms with Gasteiger partial charge in [-0.25, -0.2) is 0 Å². The van der Waals surface area contributed by atoms with Crippen LogP contribution in [0.25, 0.3) is 0 Å². The zero-order valence-electron chi connectivity index (χ0n) is 14.6. The van der Waals surface area contributed by atoms with Gasteiger partial charge < -0.3 is 15.0 Å². The van der Waals surface area contributed by atoms with Gasteiger partial charge >= 0.3 is 6.36 Å². The smallest absolute Gasteiger partial charge is 0.406 e. The topological polar surface area (TPSA) is 24.5 Å². The molecular weight excluding hydrogens is 361 g/mol. The van der Waals surface area contributed by atoms with Crippen molar-refractivity contribution in [2.75, 3.05) is 11.9 Å². The van der Waals surface area contributed by atoms with Crippen molar-refractivity contribution in [3.8, 4) is 5.75 Å². The van der Waals surface area contributed by atoms with Gasteiger partial charge in [0, 0.05) is 18.8 Å². The lowest BCUT2D eigenvalue weighted by atomic mass is 10.1. The largest absolute Gasteiger partial charge is 0.573 e. The van der Waals surface area contributed by atoms with E-state index in [1.807, 2.05) is 11.8 Å². The van der Waals surface area contributed by atoms with Crippen LogP contribution in [0.1, 0.15) is 24.5 Å². The standard InChI is InChI=1S/C19H21F3N2OS/c1-3-12-24(13-15-6-4-14(2)5-7-15)18(26)23-16-8-10-17(11-9-16)25-19(20,21)22/h4-11H,3,12-13H2,1-2H3,(H,23,26). The Labute approximate surface area is 156 Å². The number of nitrogens with zero attached hydrogens (tertiary/aromatic N) is 1. The molecule has 0 spiro atoms. The number of anilines is 1. The number of benzene rings is 2. The molecule has 0 bridgehead atoms. The van der Waals surface area contributed by atoms with Crippen molar-refractivity contribution < 1.29 is 17.9 Å². The number of alkyl halides is 3. The van der Waals surface area contributed by atoms with Gasteiger partial charge in [-0.05, 0) is 55.4 Å². The predicted octanol–water partition coefficient (Wildman–Crippen LogP) is 5.50. The Kier molecular flexibility index (Phi) is 6.85. The molecule has 3 nitrogen and oxygen atoms in total. The highest BCUT2D eigenvalue weighted by molar-refractivity contribution is 7.80. The number of rotatable bonds is 6. The predicted molar refractivity (Wildman–Crippen MR) is 101 cm³/mol. The van der Waals surface area contributed by atoms with Crippen molar-refractivity contribution in [1.29, 1.82) is 0 Å². The first-order valence-corrected chi connectivity index (χ1v) is 8.65. The second-order valence-corrected chi connectivity index (χ2v) is 6.30. The maximum Gasteiger partial charge on any atom is 0.573 e. The fourth-order valence-electron chi connectivity index (χ4n) is 2.38. The van der Waals surface area contributed by atoms with Gasteiger partial charge in [-0.3, -0.25) is 0 Å². The molecule has 1 N–H and O–H groups in total. The quantitative estimate of drug-likeness (QED) is 0.667. The molecule has 2 aromatic carbocycles. The molecule has 0 aliphatic carbocycles. The first kappa shape index (κ1) is 20.0. The van der Waals surface area contributed by atoms with Crippen LogP contribution in [0.3, 0.4) is 0 Å². The molecule has 0 heterocycles. The van der Waals surface area contributed by atoms with Crippen LogP contribution >= 0.6 is 12.2 Å². The Morgan fingerprint density at radius 1 is 1.08 bits per heavy atom. The maximum atomic E-state index is 12.2. The van der Waals surface area contributed by atoms with Crippen molar-refractivity contribution in [2.24, 2.45) is 0 Å². The fraction of sp³-hybridized carbons (Fsp3) is 0.316. The Bertz CT molecular complexity index is 715. The van der Waals surface area contributed by atoms with Gasteiger partial charge in [0.05, 0.1) is 0 Å². The minimum atomic E-state index is -4.70. The van der Waals surface area contributed by atoms with Gasteiger partial charge in [0.15, 0.2) is 5.11 Å². The van der Waals surface area contributed by atoms with E-state index in [1.54, 1.807) is 0 Å². The van der Waals surface area contributed by atoms with E-state index in [-0.39, 0.29) is 5.75 Å². The fourth-order valence-corrected chi connectivity index (χ4v) is 2.65. The summed E-state index contributed by atoms with van der Waals surface area (Å²) in [7, 11) is 0. The highest BCUT2D eigenvalue weighted by atomic mass is 32.1. The molecule has 0 unspecified atom stereocenters. The molecule has 0 saturated heterocycles. The second-order valence-electron chi connectivity index (χ2n) is 5.91. The van der Waals surface area contributed by atoms with Crippen molar-refractivity contribution >= 4 is 23.0 Å². The van der Waals surface area contributed by atoms with Crippen molar-refractivity contribution in [1.82, 2.24) is 4.90 Å². The highest BCUT2D eigenvalue weighted by Crippen LogP contribution is 2.24. The van der Waals surface area contributed by atoms with E-state index in [0.717, 1.165) is 18.5 Å². The molecule has 26 heavy (non-hydrogen) atoms. The van der Waals surface area contributed by atoms with Crippen LogP contribution in [0.4, 0.5) is 18.9 Å². The molecule has 0 fully saturated rings. The monoisotopic (exact) mass is 382 g/mol. The van der Waals surface area contributed by atoms with Gasteiger partial charge in [0.25, 0.3) is 0 Å². The number of aryl methyl sites for hydroxylation is 1. The number of hydrogen-bond donors (Lipinski definition) is 1. The zero-order chi connectivity index (χ0) is 19.2. The summed E-state index contributed by atoms with van der Waals surface area (Å²) in [5.41, 5.74) is 2.94. The number of halogens is 3. The molecule has 140 valence electrons. The van der Waals surface area contributed by atoms with Crippen LogP contribution < -0.4 is 10.1 Å². The van der Waals surface area contributed by atoms with E-state index < -0.39 is 6.36 Å². The molecular formula is C19H21F3N2OS. The first-order chi connectivity index (χ1) is 12.3. The van der Waals surface area contributed by atoms with E-state index in [4.69, 9.17) is 12.2 Å². The second kappa shape index (κ2) is 8.89. The SMILES string of the molecule is CCCN(Cc1ccc(C)cc1)C(=S)Nc1ccc(OC(F)(F)F)cc1. The Morgan fingerprint density at radius 2 is 1.69 bits per heavy atom. The third-order valence-corrected chi connectivity index (χ3v) is 3.97. The zero-order valence-corrected chi connectivity index (χ0v) is 15.5. The summed E-state index contributed by atoms with van der Waals surface area (Å²) >= 11 is 5.47. The van der Waals surface area contributed by atoms with Gasteiger partial charge in [0.1, 0.15) is 5.75 Å². The summed E-state index contributed by atoms with van der Waals surface area (Å²) in [4.78, 5) is 2.03. The summed E-state index contributed by atoms with van der Waals surface area (Å²) in [6.07, 6.45) is -3.78. The number of nitrogens with one attached hydrogen (secondary N) is 1. The van der Waals surface area contributed by atoms with E-state index in [1.165, 1.54) is 29.8 Å². The molecule has 0 amide bonds. The lowest BCUT2D eigenvalue weighted by molar-refractivity contribution is -0.274. The van der Waals surface area contributed by atoms with Crippen LogP contribution in [0.15, 0.2) is 48.5 Å². The minimum Gasteiger partial charge on any atom is -0.406 e. The summed E-state index contributed by atoms with van der Waals surface area (Å²) in [5.74, 6) is -0.265. The van der Waals surface area contributed by atoms with Crippen LogP contribution in [0, 0.1) is 6.92 Å². The van der Waals surface area contributed by atoms with Gasteiger partial charge in [0.2, 0.25) is 0 Å². The maximum absolute atomic E-state index is 12.2. The Balaban J connectivity index is 2.01. The molecule has 0 aliphatic rings. The van der Waals surface area contributed by atoms with Crippen molar-refractivity contribution in [2.45, 2.75) is 33.2 Å². The molecule has 0 atom stereocenters. The van der Waals surface area contributed by atoms with Gasteiger partial charge in [-0.2, -0.15) is 0 Å². The average molecular weight is 382 g/mol. The average Bonchev–Trinajstić information content (AvgIpc) is 2.57. The van der Waals surface area contributed by atoms with E-state index in [2.05, 4.69) is 41.2 Å². The number of hydrogen-bond acceptors (Lipinski definition) is 2. The molecule has 7 heteroatoms. The van der Waals surface area contributed by atoms with E-state index in [9.17, 15) is 13.2 Å².